The number of nitrogens with zero attached hydrogens (tertiary/aromatic N) is 1. The number of fused-ring (bicyclic) bond motifs is 1. The third-order valence-electron chi connectivity index (χ3n) is 4.94. The van der Waals surface area contributed by atoms with E-state index in [2.05, 4.69) is 19.2 Å². The molecule has 114 valence electrons. The van der Waals surface area contributed by atoms with Gasteiger partial charge in [-0.1, -0.05) is 19.9 Å². The fraction of sp³-hybridized carbons (Fsp3) is 0.588. The van der Waals surface area contributed by atoms with Gasteiger partial charge < -0.3 is 15.0 Å². The third-order valence-corrected chi connectivity index (χ3v) is 4.94. The van der Waals surface area contributed by atoms with E-state index in [0.29, 0.717) is 18.1 Å². The SMILES string of the molecule is CN(C)C(=O)c1cccc(NC2C3CCOC3C2(C)C)c1. The second-order valence-electron chi connectivity index (χ2n) is 6.97. The number of amides is 1. The Morgan fingerprint density at radius 2 is 2.14 bits per heavy atom. The van der Waals surface area contributed by atoms with E-state index >= 15 is 0 Å². The molecule has 1 aliphatic carbocycles. The van der Waals surface area contributed by atoms with Crippen LogP contribution in [0, 0.1) is 11.3 Å². The average Bonchev–Trinajstić information content (AvgIpc) is 2.91. The van der Waals surface area contributed by atoms with Crippen LogP contribution in [0.2, 0.25) is 0 Å². The fourth-order valence-corrected chi connectivity index (χ4v) is 3.80. The normalized spacial score (nSPS) is 29.4. The molecule has 3 atom stereocenters. The first-order chi connectivity index (χ1) is 9.91. The van der Waals surface area contributed by atoms with Crippen molar-refractivity contribution in [1.29, 1.82) is 0 Å². The van der Waals surface area contributed by atoms with Crippen molar-refractivity contribution in [3.05, 3.63) is 29.8 Å². The van der Waals surface area contributed by atoms with Crippen LogP contribution in [0.3, 0.4) is 0 Å². The summed E-state index contributed by atoms with van der Waals surface area (Å²) in [6.45, 7) is 5.38. The summed E-state index contributed by atoms with van der Waals surface area (Å²) < 4.78 is 5.83. The Bertz CT molecular complexity index is 553. The molecule has 1 saturated heterocycles. The van der Waals surface area contributed by atoms with Gasteiger partial charge in [-0.15, -0.1) is 0 Å². The minimum atomic E-state index is 0.0357. The van der Waals surface area contributed by atoms with E-state index in [1.807, 2.05) is 24.3 Å². The zero-order chi connectivity index (χ0) is 15.2. The quantitative estimate of drug-likeness (QED) is 0.929. The van der Waals surface area contributed by atoms with E-state index in [1.54, 1.807) is 19.0 Å². The van der Waals surface area contributed by atoms with Crippen LogP contribution in [-0.2, 0) is 4.74 Å². The third kappa shape index (κ3) is 2.31. The van der Waals surface area contributed by atoms with Crippen LogP contribution in [0.4, 0.5) is 5.69 Å². The van der Waals surface area contributed by atoms with Crippen LogP contribution in [-0.4, -0.2) is 43.7 Å². The predicted octanol–water partition coefficient (Wildman–Crippen LogP) is 2.61. The van der Waals surface area contributed by atoms with Gasteiger partial charge in [0.05, 0.1) is 6.10 Å². The summed E-state index contributed by atoms with van der Waals surface area (Å²) in [4.78, 5) is 13.7. The highest BCUT2D eigenvalue weighted by Crippen LogP contribution is 2.53. The summed E-state index contributed by atoms with van der Waals surface area (Å²) in [5.74, 6) is 0.627. The van der Waals surface area contributed by atoms with E-state index in [9.17, 15) is 4.79 Å². The van der Waals surface area contributed by atoms with Crippen LogP contribution >= 0.6 is 0 Å². The second-order valence-corrected chi connectivity index (χ2v) is 6.97. The number of anilines is 1. The van der Waals surface area contributed by atoms with Crippen LogP contribution in [0.5, 0.6) is 0 Å². The van der Waals surface area contributed by atoms with Crippen molar-refractivity contribution in [2.24, 2.45) is 11.3 Å². The Morgan fingerprint density at radius 1 is 1.38 bits per heavy atom. The average molecular weight is 288 g/mol. The van der Waals surface area contributed by atoms with Gasteiger partial charge in [0.2, 0.25) is 0 Å². The van der Waals surface area contributed by atoms with Gasteiger partial charge in [0, 0.05) is 49.3 Å². The van der Waals surface area contributed by atoms with Gasteiger partial charge in [-0.25, -0.2) is 0 Å². The highest BCUT2D eigenvalue weighted by molar-refractivity contribution is 5.94. The van der Waals surface area contributed by atoms with Gasteiger partial charge >= 0.3 is 0 Å². The highest BCUT2D eigenvalue weighted by atomic mass is 16.5. The molecule has 0 aromatic heterocycles. The number of rotatable bonds is 3. The number of hydrogen-bond donors (Lipinski definition) is 1. The predicted molar refractivity (Wildman–Crippen MR) is 83.5 cm³/mol. The molecule has 0 bridgehead atoms. The van der Waals surface area contributed by atoms with E-state index < -0.39 is 0 Å². The molecule has 4 nitrogen and oxygen atoms in total. The molecule has 1 heterocycles. The molecule has 2 fully saturated rings. The number of ether oxygens (including phenoxy) is 1. The van der Waals surface area contributed by atoms with Crippen molar-refractivity contribution in [2.45, 2.75) is 32.4 Å². The number of nitrogens with one attached hydrogen (secondary N) is 1. The lowest BCUT2D eigenvalue weighted by atomic mass is 9.57. The number of hydrogen-bond acceptors (Lipinski definition) is 3. The standard InChI is InChI=1S/C17H24N2O2/c1-17(2)14(13-8-9-21-15(13)17)18-12-7-5-6-11(10-12)16(20)19(3)4/h5-7,10,13-15,18H,8-9H2,1-4H3. The molecule has 1 aliphatic heterocycles. The Hall–Kier alpha value is -1.55. The molecule has 0 radical (unpaired) electrons. The van der Waals surface area contributed by atoms with Crippen molar-refractivity contribution in [3.8, 4) is 0 Å². The molecule has 2 aliphatic rings. The van der Waals surface area contributed by atoms with Crippen molar-refractivity contribution in [2.75, 3.05) is 26.0 Å². The first-order valence-electron chi connectivity index (χ1n) is 7.61. The van der Waals surface area contributed by atoms with Crippen molar-refractivity contribution < 1.29 is 9.53 Å². The zero-order valence-corrected chi connectivity index (χ0v) is 13.2. The molecule has 1 aromatic rings. The van der Waals surface area contributed by atoms with Crippen molar-refractivity contribution >= 4 is 11.6 Å². The number of carbonyl (C=O) groups excluding carboxylic acids is 1. The maximum absolute atomic E-state index is 12.1. The van der Waals surface area contributed by atoms with Gasteiger partial charge in [0.15, 0.2) is 0 Å². The van der Waals surface area contributed by atoms with E-state index in [-0.39, 0.29) is 11.3 Å². The summed E-state index contributed by atoms with van der Waals surface area (Å²) in [5.41, 5.74) is 1.88. The molecule has 1 amide bonds. The molecule has 3 unspecified atom stereocenters. The lowest BCUT2D eigenvalue weighted by molar-refractivity contribution is -0.0923. The van der Waals surface area contributed by atoms with Crippen LogP contribution < -0.4 is 5.32 Å². The maximum Gasteiger partial charge on any atom is 0.253 e. The second kappa shape index (κ2) is 5.02. The minimum absolute atomic E-state index is 0.0357. The van der Waals surface area contributed by atoms with Crippen molar-refractivity contribution in [3.63, 3.8) is 0 Å². The topological polar surface area (TPSA) is 41.6 Å². The lowest BCUT2D eigenvalue weighted by Crippen LogP contribution is -2.63. The maximum atomic E-state index is 12.1. The van der Waals surface area contributed by atoms with Crippen LogP contribution in [0.25, 0.3) is 0 Å². The smallest absolute Gasteiger partial charge is 0.253 e. The Morgan fingerprint density at radius 3 is 2.86 bits per heavy atom. The summed E-state index contributed by atoms with van der Waals surface area (Å²) in [6.07, 6.45) is 1.50. The Balaban J connectivity index is 1.77. The zero-order valence-electron chi connectivity index (χ0n) is 13.2. The molecular formula is C17H24N2O2. The van der Waals surface area contributed by atoms with Gasteiger partial charge in [0.25, 0.3) is 5.91 Å². The van der Waals surface area contributed by atoms with Gasteiger partial charge in [0.1, 0.15) is 0 Å². The van der Waals surface area contributed by atoms with E-state index in [0.717, 1.165) is 24.3 Å². The van der Waals surface area contributed by atoms with Gasteiger partial charge in [-0.3, -0.25) is 4.79 Å². The van der Waals surface area contributed by atoms with Crippen molar-refractivity contribution in [1.82, 2.24) is 4.90 Å². The van der Waals surface area contributed by atoms with Crippen LogP contribution in [0.15, 0.2) is 24.3 Å². The fourth-order valence-electron chi connectivity index (χ4n) is 3.80. The monoisotopic (exact) mass is 288 g/mol. The Labute approximate surface area is 126 Å². The first-order valence-corrected chi connectivity index (χ1v) is 7.61. The molecule has 0 spiro atoms. The highest BCUT2D eigenvalue weighted by Gasteiger charge is 2.59. The number of carbonyl (C=O) groups is 1. The molecule has 4 heteroatoms. The minimum Gasteiger partial charge on any atom is -0.381 e. The Kier molecular flexibility index (Phi) is 3.44. The summed E-state index contributed by atoms with van der Waals surface area (Å²) in [5, 5.41) is 3.62. The largest absolute Gasteiger partial charge is 0.381 e. The van der Waals surface area contributed by atoms with E-state index in [4.69, 9.17) is 4.74 Å². The summed E-state index contributed by atoms with van der Waals surface area (Å²) in [7, 11) is 3.55. The molecule has 1 N–H and O–H groups in total. The molecule has 21 heavy (non-hydrogen) atoms. The summed E-state index contributed by atoms with van der Waals surface area (Å²) in [6, 6.07) is 8.19. The molecule has 3 rings (SSSR count). The number of benzene rings is 1. The van der Waals surface area contributed by atoms with Gasteiger partial charge in [-0.2, -0.15) is 0 Å². The molecular weight excluding hydrogens is 264 g/mol. The first kappa shape index (κ1) is 14.4. The lowest BCUT2D eigenvalue weighted by Gasteiger charge is -2.55. The summed E-state index contributed by atoms with van der Waals surface area (Å²) >= 11 is 0. The van der Waals surface area contributed by atoms with Crippen LogP contribution in [0.1, 0.15) is 30.6 Å². The molecule has 1 saturated carbocycles. The van der Waals surface area contributed by atoms with Gasteiger partial charge in [-0.05, 0) is 24.6 Å². The molecule has 1 aromatic carbocycles. The van der Waals surface area contributed by atoms with E-state index in [1.165, 1.54) is 0 Å².